The van der Waals surface area contributed by atoms with Gasteiger partial charge in [0.2, 0.25) is 0 Å². The molecule has 0 heterocycles. The summed E-state index contributed by atoms with van der Waals surface area (Å²) >= 11 is 0. The second-order valence-corrected chi connectivity index (χ2v) is 2.20. The van der Waals surface area contributed by atoms with Crippen molar-refractivity contribution < 1.29 is 9.13 Å². The van der Waals surface area contributed by atoms with Crippen LogP contribution in [-0.4, -0.2) is 7.11 Å². The lowest BCUT2D eigenvalue weighted by atomic mass is 10.3. The van der Waals surface area contributed by atoms with Crippen LogP contribution in [0.4, 0.5) is 4.39 Å². The molecular weight excluding hydrogens is 143 g/mol. The maximum atomic E-state index is 12.9. The van der Waals surface area contributed by atoms with E-state index in [0.29, 0.717) is 5.57 Å². The molecule has 0 bridgehead atoms. The number of halogens is 1. The second-order valence-electron chi connectivity index (χ2n) is 2.20. The summed E-state index contributed by atoms with van der Waals surface area (Å²) in [6, 6.07) is 0. The lowest BCUT2D eigenvalue weighted by Gasteiger charge is -2.01. The first-order chi connectivity index (χ1) is 5.11. The Bertz CT molecular complexity index is 202. The number of allylic oxidation sites excluding steroid dienone is 4. The van der Waals surface area contributed by atoms with Crippen LogP contribution in [-0.2, 0) is 4.74 Å². The first-order valence-corrected chi connectivity index (χ1v) is 3.35. The third kappa shape index (κ3) is 3.61. The van der Waals surface area contributed by atoms with E-state index in [-0.39, 0.29) is 11.6 Å². The Morgan fingerprint density at radius 2 is 2.09 bits per heavy atom. The highest BCUT2D eigenvalue weighted by molar-refractivity contribution is 5.26. The molecule has 11 heavy (non-hydrogen) atoms. The Morgan fingerprint density at radius 3 is 2.36 bits per heavy atom. The molecule has 0 fully saturated rings. The molecule has 0 radical (unpaired) electrons. The van der Waals surface area contributed by atoms with E-state index in [1.807, 2.05) is 0 Å². The van der Waals surface area contributed by atoms with Gasteiger partial charge in [0.05, 0.1) is 7.11 Å². The van der Waals surface area contributed by atoms with Crippen molar-refractivity contribution in [2.24, 2.45) is 0 Å². The van der Waals surface area contributed by atoms with Gasteiger partial charge in [-0.05, 0) is 26.0 Å². The lowest BCUT2D eigenvalue weighted by molar-refractivity contribution is 0.282. The van der Waals surface area contributed by atoms with Gasteiger partial charge in [0.1, 0.15) is 5.76 Å². The number of hydrogen-bond acceptors (Lipinski definition) is 1. The van der Waals surface area contributed by atoms with Gasteiger partial charge in [0.25, 0.3) is 0 Å². The van der Waals surface area contributed by atoms with E-state index in [2.05, 4.69) is 6.58 Å². The zero-order valence-corrected chi connectivity index (χ0v) is 7.15. The predicted octanol–water partition coefficient (Wildman–Crippen LogP) is 2.97. The molecule has 0 aromatic heterocycles. The molecule has 0 aliphatic rings. The minimum Gasteiger partial charge on any atom is -0.494 e. The zero-order chi connectivity index (χ0) is 8.85. The van der Waals surface area contributed by atoms with Crippen molar-refractivity contribution in [3.63, 3.8) is 0 Å². The van der Waals surface area contributed by atoms with Crippen molar-refractivity contribution in [1.29, 1.82) is 0 Å². The number of rotatable bonds is 3. The fourth-order valence-corrected chi connectivity index (χ4v) is 0.641. The molecule has 0 spiro atoms. The van der Waals surface area contributed by atoms with Crippen LogP contribution in [0, 0.1) is 0 Å². The average Bonchev–Trinajstić information content (AvgIpc) is 1.88. The van der Waals surface area contributed by atoms with Crippen molar-refractivity contribution in [1.82, 2.24) is 0 Å². The van der Waals surface area contributed by atoms with E-state index in [4.69, 9.17) is 4.74 Å². The van der Waals surface area contributed by atoms with E-state index in [1.54, 1.807) is 19.9 Å². The second kappa shape index (κ2) is 4.72. The molecule has 62 valence electrons. The fraction of sp³-hybridized carbons (Fsp3) is 0.333. The molecule has 0 rings (SSSR count). The van der Waals surface area contributed by atoms with E-state index in [0.717, 1.165) is 0 Å². The SMILES string of the molecule is C=C(C)/C=C(F)\C(=C/C)OC. The van der Waals surface area contributed by atoms with E-state index >= 15 is 0 Å². The summed E-state index contributed by atoms with van der Waals surface area (Å²) in [5.41, 5.74) is 0.666. The first-order valence-electron chi connectivity index (χ1n) is 3.35. The standard InChI is InChI=1S/C9H13FO/c1-5-9(11-4)8(10)6-7(2)3/h5-6H,2H2,1,3-4H3/b8-6+,9-5+. The maximum absolute atomic E-state index is 12.9. The Kier molecular flexibility index (Phi) is 4.27. The molecule has 0 saturated heterocycles. The Labute approximate surface area is 66.9 Å². The monoisotopic (exact) mass is 156 g/mol. The molecule has 2 heteroatoms. The number of methoxy groups -OCH3 is 1. The molecule has 0 aliphatic carbocycles. The Hall–Kier alpha value is -1.05. The highest BCUT2D eigenvalue weighted by Gasteiger charge is 2.00. The number of hydrogen-bond donors (Lipinski definition) is 0. The minimum absolute atomic E-state index is 0.244. The van der Waals surface area contributed by atoms with Crippen LogP contribution in [0.2, 0.25) is 0 Å². The smallest absolute Gasteiger partial charge is 0.164 e. The summed E-state index contributed by atoms with van der Waals surface area (Å²) in [7, 11) is 1.43. The van der Waals surface area contributed by atoms with Gasteiger partial charge < -0.3 is 4.74 Å². The summed E-state index contributed by atoms with van der Waals surface area (Å²) in [5, 5.41) is 0. The lowest BCUT2D eigenvalue weighted by Crippen LogP contribution is -1.86. The third-order valence-electron chi connectivity index (χ3n) is 1.09. The summed E-state index contributed by atoms with van der Waals surface area (Å²) < 4.78 is 17.7. The van der Waals surface area contributed by atoms with Gasteiger partial charge in [-0.15, -0.1) is 0 Å². The van der Waals surface area contributed by atoms with Crippen LogP contribution in [0.5, 0.6) is 0 Å². The van der Waals surface area contributed by atoms with Crippen molar-refractivity contribution >= 4 is 0 Å². The van der Waals surface area contributed by atoms with Gasteiger partial charge >= 0.3 is 0 Å². The highest BCUT2D eigenvalue weighted by Crippen LogP contribution is 2.13. The molecule has 0 aliphatic heterocycles. The van der Waals surface area contributed by atoms with Crippen LogP contribution in [0.15, 0.2) is 35.9 Å². The van der Waals surface area contributed by atoms with Gasteiger partial charge in [-0.3, -0.25) is 0 Å². The van der Waals surface area contributed by atoms with Crippen molar-refractivity contribution in [3.05, 3.63) is 35.9 Å². The van der Waals surface area contributed by atoms with E-state index < -0.39 is 0 Å². The van der Waals surface area contributed by atoms with E-state index in [9.17, 15) is 4.39 Å². The summed E-state index contributed by atoms with van der Waals surface area (Å²) in [5.74, 6) is -0.143. The number of ether oxygens (including phenoxy) is 1. The van der Waals surface area contributed by atoms with Crippen LogP contribution in [0.25, 0.3) is 0 Å². The topological polar surface area (TPSA) is 9.23 Å². The molecule has 0 aromatic carbocycles. The van der Waals surface area contributed by atoms with Gasteiger partial charge in [-0.2, -0.15) is 0 Å². The van der Waals surface area contributed by atoms with Gasteiger partial charge in [-0.25, -0.2) is 4.39 Å². The molecule has 0 saturated carbocycles. The maximum Gasteiger partial charge on any atom is 0.164 e. The Balaban J connectivity index is 4.45. The van der Waals surface area contributed by atoms with Crippen molar-refractivity contribution in [2.45, 2.75) is 13.8 Å². The van der Waals surface area contributed by atoms with Gasteiger partial charge in [-0.1, -0.05) is 12.2 Å². The van der Waals surface area contributed by atoms with Crippen LogP contribution in [0.1, 0.15) is 13.8 Å². The van der Waals surface area contributed by atoms with Gasteiger partial charge in [0, 0.05) is 0 Å². The summed E-state index contributed by atoms with van der Waals surface area (Å²) in [4.78, 5) is 0. The summed E-state index contributed by atoms with van der Waals surface area (Å²) in [6.45, 7) is 6.98. The van der Waals surface area contributed by atoms with Gasteiger partial charge in [0.15, 0.2) is 5.83 Å². The largest absolute Gasteiger partial charge is 0.494 e. The van der Waals surface area contributed by atoms with Crippen LogP contribution < -0.4 is 0 Å². The van der Waals surface area contributed by atoms with Crippen molar-refractivity contribution in [3.8, 4) is 0 Å². The van der Waals surface area contributed by atoms with Crippen LogP contribution >= 0.6 is 0 Å². The highest BCUT2D eigenvalue weighted by atomic mass is 19.1. The molecule has 0 amide bonds. The third-order valence-corrected chi connectivity index (χ3v) is 1.09. The molecule has 0 unspecified atom stereocenters. The molecule has 0 aromatic rings. The Morgan fingerprint density at radius 1 is 1.55 bits per heavy atom. The van der Waals surface area contributed by atoms with Crippen LogP contribution in [0.3, 0.4) is 0 Å². The average molecular weight is 156 g/mol. The van der Waals surface area contributed by atoms with E-state index in [1.165, 1.54) is 13.2 Å². The fourth-order valence-electron chi connectivity index (χ4n) is 0.641. The minimum atomic E-state index is -0.387. The molecule has 1 nitrogen and oxygen atoms in total. The quantitative estimate of drug-likeness (QED) is 0.451. The normalized spacial score (nSPS) is 13.1. The molecular formula is C9H13FO. The molecule has 0 atom stereocenters. The predicted molar refractivity (Wildman–Crippen MR) is 44.8 cm³/mol. The van der Waals surface area contributed by atoms with Crippen molar-refractivity contribution in [2.75, 3.05) is 7.11 Å². The summed E-state index contributed by atoms with van der Waals surface area (Å²) in [6.07, 6.45) is 2.90. The molecule has 0 N–H and O–H groups in total. The zero-order valence-electron chi connectivity index (χ0n) is 7.15. The first kappa shape index (κ1) is 9.95.